The zero-order chi connectivity index (χ0) is 19.6. The van der Waals surface area contributed by atoms with Crippen molar-refractivity contribution in [2.24, 2.45) is 0 Å². The summed E-state index contributed by atoms with van der Waals surface area (Å²) in [6.07, 6.45) is -0.216. The lowest BCUT2D eigenvalue weighted by molar-refractivity contribution is -0.384. The molecule has 8 nitrogen and oxygen atoms in total. The second-order valence-electron chi connectivity index (χ2n) is 5.86. The molecule has 0 saturated heterocycles. The first-order chi connectivity index (χ1) is 12.7. The van der Waals surface area contributed by atoms with Crippen LogP contribution in [0.4, 0.5) is 10.8 Å². The van der Waals surface area contributed by atoms with Gasteiger partial charge in [0, 0.05) is 18.6 Å². The molecule has 3 aromatic rings. The minimum Gasteiger partial charge on any atom is -0.302 e. The van der Waals surface area contributed by atoms with Crippen LogP contribution in [0.3, 0.4) is 0 Å². The second kappa shape index (κ2) is 7.41. The maximum Gasteiger partial charge on any atom is 0.271 e. The molecule has 0 saturated carbocycles. The maximum atomic E-state index is 12.3. The van der Waals surface area contributed by atoms with Gasteiger partial charge >= 0.3 is 0 Å². The van der Waals surface area contributed by atoms with Gasteiger partial charge in [-0.1, -0.05) is 29.0 Å². The number of carbonyl (C=O) groups is 1. The molecule has 10 heteroatoms. The molecule has 27 heavy (non-hydrogen) atoms. The average molecular weight is 405 g/mol. The molecule has 0 spiro atoms. The van der Waals surface area contributed by atoms with Crippen LogP contribution in [-0.4, -0.2) is 30.0 Å². The Morgan fingerprint density at radius 1 is 1.22 bits per heavy atom. The summed E-state index contributed by atoms with van der Waals surface area (Å²) in [7, 11) is -3.56. The lowest BCUT2D eigenvalue weighted by Crippen LogP contribution is -2.17. The van der Waals surface area contributed by atoms with Gasteiger partial charge in [-0.15, -0.1) is 0 Å². The number of hydrogen-bond acceptors (Lipinski definition) is 7. The van der Waals surface area contributed by atoms with E-state index in [4.69, 9.17) is 0 Å². The molecule has 3 rings (SSSR count). The monoisotopic (exact) mass is 405 g/mol. The highest BCUT2D eigenvalue weighted by Gasteiger charge is 2.17. The summed E-state index contributed by atoms with van der Waals surface area (Å²) >= 11 is 1.16. The SMILES string of the molecule is Cc1ccc(S(=O)(=O)CCC(=O)Nc2nc3cc([N+](=O)[O-])ccc3s2)cc1. The predicted octanol–water partition coefficient (Wildman–Crippen LogP) is 3.32. The molecule has 0 radical (unpaired) electrons. The van der Waals surface area contributed by atoms with E-state index >= 15 is 0 Å². The quantitative estimate of drug-likeness (QED) is 0.496. The standard InChI is InChI=1S/C17H15N3O5S2/c1-11-2-5-13(6-3-11)27(24,25)9-8-16(21)19-17-18-14-10-12(20(22)23)4-7-15(14)26-17/h2-7,10H,8-9H2,1H3,(H,18,19,21). The molecule has 0 aliphatic carbocycles. The highest BCUT2D eigenvalue weighted by Crippen LogP contribution is 2.28. The molecule has 1 N–H and O–H groups in total. The van der Waals surface area contributed by atoms with Crippen molar-refractivity contribution in [3.8, 4) is 0 Å². The third kappa shape index (κ3) is 4.47. The first-order valence-electron chi connectivity index (χ1n) is 7.89. The topological polar surface area (TPSA) is 119 Å². The lowest BCUT2D eigenvalue weighted by atomic mass is 10.2. The van der Waals surface area contributed by atoms with Crippen molar-refractivity contribution in [1.82, 2.24) is 4.98 Å². The van der Waals surface area contributed by atoms with Crippen molar-refractivity contribution in [1.29, 1.82) is 0 Å². The fourth-order valence-electron chi connectivity index (χ4n) is 2.36. The third-order valence-corrected chi connectivity index (χ3v) is 6.49. The largest absolute Gasteiger partial charge is 0.302 e. The highest BCUT2D eigenvalue weighted by molar-refractivity contribution is 7.91. The van der Waals surface area contributed by atoms with E-state index in [1.54, 1.807) is 18.2 Å². The van der Waals surface area contributed by atoms with Gasteiger partial charge in [0.15, 0.2) is 15.0 Å². The number of non-ortho nitro benzene ring substituents is 1. The number of benzene rings is 2. The summed E-state index contributed by atoms with van der Waals surface area (Å²) in [6.45, 7) is 1.86. The molecule has 1 heterocycles. The number of aryl methyl sites for hydroxylation is 1. The smallest absolute Gasteiger partial charge is 0.271 e. The number of nitrogens with zero attached hydrogens (tertiary/aromatic N) is 2. The van der Waals surface area contributed by atoms with Crippen LogP contribution in [0.5, 0.6) is 0 Å². The number of sulfone groups is 1. The highest BCUT2D eigenvalue weighted by atomic mass is 32.2. The predicted molar refractivity (Wildman–Crippen MR) is 103 cm³/mol. The maximum absolute atomic E-state index is 12.3. The van der Waals surface area contributed by atoms with Crippen LogP contribution in [0.1, 0.15) is 12.0 Å². The second-order valence-corrected chi connectivity index (χ2v) is 9.00. The van der Waals surface area contributed by atoms with Crippen molar-refractivity contribution in [3.63, 3.8) is 0 Å². The molecule has 1 aromatic heterocycles. The molecule has 0 atom stereocenters. The van der Waals surface area contributed by atoms with Crippen LogP contribution in [0.25, 0.3) is 10.2 Å². The molecule has 2 aromatic carbocycles. The Morgan fingerprint density at radius 2 is 1.93 bits per heavy atom. The van der Waals surface area contributed by atoms with E-state index in [9.17, 15) is 23.3 Å². The van der Waals surface area contributed by atoms with Gasteiger partial charge in [0.2, 0.25) is 5.91 Å². The van der Waals surface area contributed by atoms with Crippen LogP contribution < -0.4 is 5.32 Å². The van der Waals surface area contributed by atoms with E-state index in [-0.39, 0.29) is 27.9 Å². The fraction of sp³-hybridized carbons (Fsp3) is 0.176. The summed E-state index contributed by atoms with van der Waals surface area (Å²) in [4.78, 5) is 26.7. The molecule has 0 bridgehead atoms. The Morgan fingerprint density at radius 3 is 2.59 bits per heavy atom. The van der Waals surface area contributed by atoms with Gasteiger partial charge in [0.25, 0.3) is 5.69 Å². The van der Waals surface area contributed by atoms with E-state index in [2.05, 4.69) is 10.3 Å². The van der Waals surface area contributed by atoms with Crippen LogP contribution in [0, 0.1) is 17.0 Å². The summed E-state index contributed by atoms with van der Waals surface area (Å²) in [5.41, 5.74) is 1.26. The number of nitro groups is 1. The Hall–Kier alpha value is -2.85. The Balaban J connectivity index is 1.66. The van der Waals surface area contributed by atoms with E-state index in [0.717, 1.165) is 16.9 Å². The minimum absolute atomic E-state index is 0.0881. The molecule has 0 fully saturated rings. The Labute approximate surface area is 158 Å². The summed E-state index contributed by atoms with van der Waals surface area (Å²) < 4.78 is 25.3. The van der Waals surface area contributed by atoms with Crippen LogP contribution in [0.15, 0.2) is 47.4 Å². The fourth-order valence-corrected chi connectivity index (χ4v) is 4.46. The molecule has 140 valence electrons. The van der Waals surface area contributed by atoms with Crippen molar-refractivity contribution >= 4 is 48.1 Å². The summed E-state index contributed by atoms with van der Waals surface area (Å²) in [5.74, 6) is -0.808. The zero-order valence-corrected chi connectivity index (χ0v) is 15.8. The van der Waals surface area contributed by atoms with Gasteiger partial charge in [-0.25, -0.2) is 13.4 Å². The van der Waals surface area contributed by atoms with E-state index in [1.807, 2.05) is 6.92 Å². The van der Waals surface area contributed by atoms with Crippen molar-refractivity contribution < 1.29 is 18.1 Å². The minimum atomic E-state index is -3.56. The van der Waals surface area contributed by atoms with Gasteiger partial charge in [-0.2, -0.15) is 0 Å². The molecular formula is C17H15N3O5S2. The number of fused-ring (bicyclic) bond motifs is 1. The number of nitro benzene ring substituents is 1. The lowest BCUT2D eigenvalue weighted by Gasteiger charge is -2.05. The molecule has 0 unspecified atom stereocenters. The Bertz CT molecular complexity index is 1120. The molecular weight excluding hydrogens is 390 g/mol. The summed E-state index contributed by atoms with van der Waals surface area (Å²) in [5, 5.41) is 13.6. The van der Waals surface area contributed by atoms with Crippen LogP contribution in [-0.2, 0) is 14.6 Å². The number of carbonyl (C=O) groups excluding carboxylic acids is 1. The number of hydrogen-bond donors (Lipinski definition) is 1. The third-order valence-electron chi connectivity index (χ3n) is 3.81. The normalized spacial score (nSPS) is 11.4. The van der Waals surface area contributed by atoms with E-state index < -0.39 is 20.7 Å². The molecule has 1 amide bonds. The van der Waals surface area contributed by atoms with Crippen molar-refractivity contribution in [2.45, 2.75) is 18.2 Å². The Kier molecular flexibility index (Phi) is 5.19. The van der Waals surface area contributed by atoms with Gasteiger partial charge in [-0.05, 0) is 25.1 Å². The van der Waals surface area contributed by atoms with E-state index in [1.165, 1.54) is 24.3 Å². The summed E-state index contributed by atoms with van der Waals surface area (Å²) in [6, 6.07) is 10.7. The van der Waals surface area contributed by atoms with Gasteiger partial charge in [0.05, 0.1) is 25.8 Å². The molecule has 0 aliphatic heterocycles. The number of thiazole rings is 1. The number of anilines is 1. The number of aromatic nitrogens is 1. The van der Waals surface area contributed by atoms with Crippen molar-refractivity contribution in [3.05, 3.63) is 58.1 Å². The van der Waals surface area contributed by atoms with Crippen LogP contribution in [0.2, 0.25) is 0 Å². The number of rotatable bonds is 6. The van der Waals surface area contributed by atoms with Crippen molar-refractivity contribution in [2.75, 3.05) is 11.1 Å². The van der Waals surface area contributed by atoms with Gasteiger partial charge in [-0.3, -0.25) is 14.9 Å². The van der Waals surface area contributed by atoms with Crippen LogP contribution >= 0.6 is 11.3 Å². The van der Waals surface area contributed by atoms with E-state index in [0.29, 0.717) is 10.2 Å². The first kappa shape index (κ1) is 18.9. The molecule has 0 aliphatic rings. The average Bonchev–Trinajstić information content (AvgIpc) is 3.01. The number of nitrogens with one attached hydrogen (secondary N) is 1. The number of amides is 1. The van der Waals surface area contributed by atoms with Gasteiger partial charge < -0.3 is 5.32 Å². The zero-order valence-electron chi connectivity index (χ0n) is 14.2. The van der Waals surface area contributed by atoms with Gasteiger partial charge in [0.1, 0.15) is 0 Å². The first-order valence-corrected chi connectivity index (χ1v) is 10.4.